The number of thioether (sulfide) groups is 1. The number of rotatable bonds is 3. The van der Waals surface area contributed by atoms with Gasteiger partial charge in [0, 0.05) is 4.47 Å². The first-order valence-electron chi connectivity index (χ1n) is 4.59. The molecule has 2 rings (SSSR count). The van der Waals surface area contributed by atoms with E-state index in [4.69, 9.17) is 5.73 Å². The summed E-state index contributed by atoms with van der Waals surface area (Å²) in [5.74, 6) is -0.316. The van der Waals surface area contributed by atoms with Crippen molar-refractivity contribution in [1.29, 1.82) is 0 Å². The number of thiazole rings is 1. The van der Waals surface area contributed by atoms with Gasteiger partial charge in [0.25, 0.3) is 0 Å². The van der Waals surface area contributed by atoms with Crippen molar-refractivity contribution < 1.29 is 4.79 Å². The van der Waals surface area contributed by atoms with E-state index in [2.05, 4.69) is 20.9 Å². The highest BCUT2D eigenvalue weighted by molar-refractivity contribution is 9.10. The van der Waals surface area contributed by atoms with Crippen molar-refractivity contribution >= 4 is 55.2 Å². The molecule has 0 aliphatic carbocycles. The second kappa shape index (κ2) is 4.73. The maximum absolute atomic E-state index is 11.0. The van der Waals surface area contributed by atoms with Gasteiger partial charge in [-0.25, -0.2) is 4.98 Å². The van der Waals surface area contributed by atoms with Crippen LogP contribution >= 0.6 is 39.0 Å². The second-order valence-corrected chi connectivity index (χ2v) is 6.70. The molecule has 0 bridgehead atoms. The van der Waals surface area contributed by atoms with Crippen molar-refractivity contribution in [3.8, 4) is 0 Å². The van der Waals surface area contributed by atoms with E-state index in [0.29, 0.717) is 0 Å². The fourth-order valence-corrected chi connectivity index (χ4v) is 3.92. The molecule has 3 nitrogen and oxygen atoms in total. The fourth-order valence-electron chi connectivity index (χ4n) is 1.15. The van der Waals surface area contributed by atoms with Crippen LogP contribution in [0.4, 0.5) is 0 Å². The van der Waals surface area contributed by atoms with Crippen molar-refractivity contribution in [1.82, 2.24) is 4.98 Å². The Morgan fingerprint density at radius 3 is 3.00 bits per heavy atom. The molecular weight excluding hydrogens is 308 g/mol. The molecule has 0 aliphatic heterocycles. The van der Waals surface area contributed by atoms with Gasteiger partial charge < -0.3 is 5.73 Å². The summed E-state index contributed by atoms with van der Waals surface area (Å²) in [7, 11) is 0. The monoisotopic (exact) mass is 316 g/mol. The van der Waals surface area contributed by atoms with E-state index in [9.17, 15) is 4.79 Å². The highest BCUT2D eigenvalue weighted by Gasteiger charge is 2.14. The number of hydrogen-bond acceptors (Lipinski definition) is 4. The van der Waals surface area contributed by atoms with Crippen molar-refractivity contribution in [2.45, 2.75) is 16.5 Å². The lowest BCUT2D eigenvalue weighted by Gasteiger charge is -2.01. The minimum absolute atomic E-state index is 0.251. The molecule has 1 aromatic heterocycles. The Hall–Kier alpha value is -0.590. The van der Waals surface area contributed by atoms with E-state index in [1.54, 1.807) is 18.3 Å². The minimum Gasteiger partial charge on any atom is -0.369 e. The standard InChI is InChI=1S/C10H9BrN2OS2/c1-5(9(12)14)15-10-13-8-6(11)3-2-4-7(8)16-10/h2-5H,1H3,(H2,12,14)/t5-/m0/s1. The summed E-state index contributed by atoms with van der Waals surface area (Å²) in [5.41, 5.74) is 6.15. The van der Waals surface area contributed by atoms with Crippen molar-refractivity contribution in [3.05, 3.63) is 22.7 Å². The summed E-state index contributed by atoms with van der Waals surface area (Å²) in [5, 5.41) is -0.251. The van der Waals surface area contributed by atoms with Crippen LogP contribution in [-0.4, -0.2) is 16.1 Å². The number of carbonyl (C=O) groups excluding carboxylic acids is 1. The van der Waals surface area contributed by atoms with E-state index in [1.165, 1.54) is 11.8 Å². The predicted molar refractivity (Wildman–Crippen MR) is 71.8 cm³/mol. The zero-order valence-corrected chi connectivity index (χ0v) is 11.7. The highest BCUT2D eigenvalue weighted by Crippen LogP contribution is 2.34. The van der Waals surface area contributed by atoms with Crippen LogP contribution in [0.25, 0.3) is 10.2 Å². The maximum atomic E-state index is 11.0. The number of halogens is 1. The smallest absolute Gasteiger partial charge is 0.230 e. The zero-order valence-electron chi connectivity index (χ0n) is 8.44. The molecule has 2 aromatic rings. The third kappa shape index (κ3) is 2.39. The maximum Gasteiger partial charge on any atom is 0.230 e. The Morgan fingerprint density at radius 1 is 1.62 bits per heavy atom. The van der Waals surface area contributed by atoms with Crippen LogP contribution in [0, 0.1) is 0 Å². The Bertz CT molecular complexity index is 541. The Labute approximate surface area is 110 Å². The van der Waals surface area contributed by atoms with Gasteiger partial charge in [0.15, 0.2) is 4.34 Å². The molecule has 84 valence electrons. The summed E-state index contributed by atoms with van der Waals surface area (Å²) in [6, 6.07) is 5.93. The highest BCUT2D eigenvalue weighted by atomic mass is 79.9. The van der Waals surface area contributed by atoms with Crippen LogP contribution in [-0.2, 0) is 4.79 Å². The lowest BCUT2D eigenvalue weighted by Crippen LogP contribution is -2.22. The average molecular weight is 317 g/mol. The third-order valence-corrected chi connectivity index (χ3v) is 4.90. The van der Waals surface area contributed by atoms with Gasteiger partial charge in [0.1, 0.15) is 0 Å². The third-order valence-electron chi connectivity index (χ3n) is 2.03. The number of hydrogen-bond donors (Lipinski definition) is 1. The topological polar surface area (TPSA) is 56.0 Å². The molecule has 0 radical (unpaired) electrons. The SMILES string of the molecule is C[C@H](Sc1nc2c(Br)cccc2s1)C(N)=O. The molecule has 2 N–H and O–H groups in total. The van der Waals surface area contributed by atoms with E-state index in [1.807, 2.05) is 18.2 Å². The van der Waals surface area contributed by atoms with E-state index >= 15 is 0 Å². The minimum atomic E-state index is -0.316. The predicted octanol–water partition coefficient (Wildman–Crippen LogP) is 3.02. The second-order valence-electron chi connectivity index (χ2n) is 3.23. The molecule has 6 heteroatoms. The summed E-state index contributed by atoms with van der Waals surface area (Å²) >= 11 is 6.42. The number of nitrogens with zero attached hydrogens (tertiary/aromatic N) is 1. The van der Waals surface area contributed by atoms with Crippen LogP contribution in [0.15, 0.2) is 27.0 Å². The quantitative estimate of drug-likeness (QED) is 0.885. The lowest BCUT2D eigenvalue weighted by atomic mass is 10.3. The van der Waals surface area contributed by atoms with Gasteiger partial charge >= 0.3 is 0 Å². The molecule has 0 fully saturated rings. The Morgan fingerprint density at radius 2 is 2.38 bits per heavy atom. The molecular formula is C10H9BrN2OS2. The van der Waals surface area contributed by atoms with Gasteiger partial charge in [-0.05, 0) is 35.0 Å². The fraction of sp³-hybridized carbons (Fsp3) is 0.200. The normalized spacial score (nSPS) is 12.9. The van der Waals surface area contributed by atoms with Crippen LogP contribution in [0.2, 0.25) is 0 Å². The van der Waals surface area contributed by atoms with Crippen LogP contribution in [0.5, 0.6) is 0 Å². The van der Waals surface area contributed by atoms with Gasteiger partial charge in [-0.1, -0.05) is 17.8 Å². The number of aromatic nitrogens is 1. The molecule has 0 saturated heterocycles. The lowest BCUT2D eigenvalue weighted by molar-refractivity contribution is -0.117. The molecule has 0 unspecified atom stereocenters. The average Bonchev–Trinajstić information content (AvgIpc) is 2.61. The molecule has 1 aromatic carbocycles. The number of primary amides is 1. The van der Waals surface area contributed by atoms with Crippen LogP contribution < -0.4 is 5.73 Å². The summed E-state index contributed by atoms with van der Waals surface area (Å²) in [6.07, 6.45) is 0. The first kappa shape index (κ1) is 11.9. The molecule has 1 amide bonds. The Kier molecular flexibility index (Phi) is 3.51. The van der Waals surface area contributed by atoms with E-state index in [0.717, 1.165) is 19.0 Å². The number of fused-ring (bicyclic) bond motifs is 1. The van der Waals surface area contributed by atoms with Gasteiger partial charge in [-0.3, -0.25) is 4.79 Å². The first-order chi connectivity index (χ1) is 7.58. The van der Waals surface area contributed by atoms with Crippen molar-refractivity contribution in [2.24, 2.45) is 5.73 Å². The zero-order chi connectivity index (χ0) is 11.7. The molecule has 1 atom stereocenters. The van der Waals surface area contributed by atoms with Crippen LogP contribution in [0.3, 0.4) is 0 Å². The first-order valence-corrected chi connectivity index (χ1v) is 7.08. The number of para-hydroxylation sites is 1. The van der Waals surface area contributed by atoms with Gasteiger partial charge in [-0.2, -0.15) is 0 Å². The summed E-state index contributed by atoms with van der Waals surface area (Å²) in [6.45, 7) is 1.79. The van der Waals surface area contributed by atoms with E-state index < -0.39 is 0 Å². The Balaban J connectivity index is 2.33. The molecule has 1 heterocycles. The van der Waals surface area contributed by atoms with Crippen LogP contribution in [0.1, 0.15) is 6.92 Å². The molecule has 0 saturated carbocycles. The van der Waals surface area contributed by atoms with Gasteiger partial charge in [0.05, 0.1) is 15.5 Å². The number of benzene rings is 1. The summed E-state index contributed by atoms with van der Waals surface area (Å²) < 4.78 is 2.95. The molecule has 0 aliphatic rings. The van der Waals surface area contributed by atoms with E-state index in [-0.39, 0.29) is 11.2 Å². The van der Waals surface area contributed by atoms with Gasteiger partial charge in [-0.15, -0.1) is 11.3 Å². The molecule has 0 spiro atoms. The van der Waals surface area contributed by atoms with Crippen molar-refractivity contribution in [2.75, 3.05) is 0 Å². The summed E-state index contributed by atoms with van der Waals surface area (Å²) in [4.78, 5) is 15.4. The molecule has 16 heavy (non-hydrogen) atoms. The largest absolute Gasteiger partial charge is 0.369 e. The number of amides is 1. The number of carbonyl (C=O) groups is 1. The number of nitrogens with two attached hydrogens (primary N) is 1. The van der Waals surface area contributed by atoms with Crippen molar-refractivity contribution in [3.63, 3.8) is 0 Å². The van der Waals surface area contributed by atoms with Gasteiger partial charge in [0.2, 0.25) is 5.91 Å².